The molecule has 2 aliphatic rings. The van der Waals surface area contributed by atoms with E-state index in [1.807, 2.05) is 47.9 Å². The number of aryl methyl sites for hydroxylation is 1. The lowest BCUT2D eigenvalue weighted by molar-refractivity contribution is -0.142. The Kier molecular flexibility index (Phi) is 10.5. The molecule has 0 bridgehead atoms. The van der Waals surface area contributed by atoms with Crippen LogP contribution in [0.5, 0.6) is 0 Å². The largest absolute Gasteiger partial charge is 0.481 e. The Morgan fingerprint density at radius 1 is 1.02 bits per heavy atom. The highest BCUT2D eigenvalue weighted by atomic mass is 19.1. The molecule has 0 saturated carbocycles. The van der Waals surface area contributed by atoms with Crippen LogP contribution in [0.25, 0.3) is 0 Å². The van der Waals surface area contributed by atoms with Crippen LogP contribution in [0, 0.1) is 30.4 Å². The molecule has 1 amide bonds. The monoisotopic (exact) mass is 657 g/mol. The molecule has 2 N–H and O–H groups in total. The van der Waals surface area contributed by atoms with Crippen LogP contribution in [-0.2, 0) is 27.5 Å². The minimum atomic E-state index is -0.746. The summed E-state index contributed by atoms with van der Waals surface area (Å²) in [4.78, 5) is 34.2. The van der Waals surface area contributed by atoms with Gasteiger partial charge in [-0.25, -0.2) is 13.8 Å². The predicted molar refractivity (Wildman–Crippen MR) is 179 cm³/mol. The number of imidazole rings is 1. The standard InChI is InChI=1S/C37H41F2N5O4/c1-25-7-8-28(34(19-25)43-14-11-27(12-15-43)36(46)47)21-44-16-13-40-37(44)41-35(45)32-23-42(17-18-48-24-26-5-3-2-4-6-26)22-31(32)30-10-9-29(38)20-33(30)39/h2-10,13,16,19-20,27,31-32H,11-12,14-15,17-18,21-24H2,1H3,(H,46,47)(H,40,41,45)/t31-,32?/m0/s1. The van der Waals surface area contributed by atoms with E-state index in [1.54, 1.807) is 12.4 Å². The zero-order valence-electron chi connectivity index (χ0n) is 27.0. The summed E-state index contributed by atoms with van der Waals surface area (Å²) in [6.45, 7) is 6.06. The number of carbonyl (C=O) groups is 2. The number of carbonyl (C=O) groups excluding carboxylic acids is 1. The average Bonchev–Trinajstić information content (AvgIpc) is 3.71. The third-order valence-electron chi connectivity index (χ3n) is 9.47. The molecule has 0 radical (unpaired) electrons. The van der Waals surface area contributed by atoms with Crippen LogP contribution in [0.3, 0.4) is 0 Å². The second-order valence-corrected chi connectivity index (χ2v) is 12.8. The molecule has 2 atom stereocenters. The Hall–Kier alpha value is -4.61. The van der Waals surface area contributed by atoms with E-state index in [9.17, 15) is 19.1 Å². The van der Waals surface area contributed by atoms with Crippen molar-refractivity contribution in [2.24, 2.45) is 11.8 Å². The van der Waals surface area contributed by atoms with Gasteiger partial charge in [0.15, 0.2) is 0 Å². The highest BCUT2D eigenvalue weighted by Crippen LogP contribution is 2.35. The van der Waals surface area contributed by atoms with Gasteiger partial charge in [0.2, 0.25) is 11.9 Å². The minimum Gasteiger partial charge on any atom is -0.481 e. The molecule has 1 unspecified atom stereocenters. The number of rotatable bonds is 12. The van der Waals surface area contributed by atoms with Gasteiger partial charge in [-0.3, -0.25) is 19.8 Å². The van der Waals surface area contributed by atoms with E-state index in [0.717, 1.165) is 28.4 Å². The number of hydrogen-bond donors (Lipinski definition) is 2. The maximum absolute atomic E-state index is 15.1. The quantitative estimate of drug-likeness (QED) is 0.189. The van der Waals surface area contributed by atoms with Gasteiger partial charge in [0.05, 0.1) is 31.6 Å². The highest BCUT2D eigenvalue weighted by Gasteiger charge is 2.40. The van der Waals surface area contributed by atoms with E-state index in [4.69, 9.17) is 4.74 Å². The van der Waals surface area contributed by atoms with Gasteiger partial charge < -0.3 is 19.3 Å². The molecule has 2 saturated heterocycles. The van der Waals surface area contributed by atoms with Gasteiger partial charge in [0.25, 0.3) is 0 Å². The van der Waals surface area contributed by atoms with Gasteiger partial charge >= 0.3 is 5.97 Å². The number of aliphatic carboxylic acids is 1. The van der Waals surface area contributed by atoms with Crippen LogP contribution in [0.4, 0.5) is 20.4 Å². The number of carboxylic acids is 1. The molecule has 11 heteroatoms. The number of halogens is 2. The normalized spacial score (nSPS) is 18.7. The summed E-state index contributed by atoms with van der Waals surface area (Å²) in [6, 6.07) is 19.6. The Labute approximate surface area is 279 Å². The second kappa shape index (κ2) is 15.1. The first-order valence-corrected chi connectivity index (χ1v) is 16.4. The van der Waals surface area contributed by atoms with Crippen molar-refractivity contribution < 1.29 is 28.2 Å². The first-order chi connectivity index (χ1) is 23.2. The number of nitrogens with zero attached hydrogens (tertiary/aromatic N) is 4. The van der Waals surface area contributed by atoms with Crippen molar-refractivity contribution in [3.05, 3.63) is 113 Å². The lowest BCUT2D eigenvalue weighted by Gasteiger charge is -2.33. The van der Waals surface area contributed by atoms with Crippen molar-refractivity contribution in [1.29, 1.82) is 0 Å². The number of piperidine rings is 1. The maximum Gasteiger partial charge on any atom is 0.306 e. The number of anilines is 2. The number of likely N-dealkylation sites (tertiary alicyclic amines) is 1. The van der Waals surface area contributed by atoms with Crippen molar-refractivity contribution in [3.63, 3.8) is 0 Å². The number of hydrogen-bond acceptors (Lipinski definition) is 6. The third kappa shape index (κ3) is 7.91. The molecular weight excluding hydrogens is 616 g/mol. The van der Waals surface area contributed by atoms with E-state index in [0.29, 0.717) is 76.8 Å². The van der Waals surface area contributed by atoms with Crippen LogP contribution in [0.2, 0.25) is 0 Å². The van der Waals surface area contributed by atoms with Crippen LogP contribution in [-0.4, -0.2) is 70.8 Å². The number of carboxylic acid groups (broad SMARTS) is 1. The summed E-state index contributed by atoms with van der Waals surface area (Å²) >= 11 is 0. The summed E-state index contributed by atoms with van der Waals surface area (Å²) in [5.74, 6) is -3.40. The maximum atomic E-state index is 15.1. The van der Waals surface area contributed by atoms with Crippen molar-refractivity contribution in [2.45, 2.75) is 38.8 Å². The number of aromatic nitrogens is 2. The Morgan fingerprint density at radius 3 is 2.56 bits per heavy atom. The highest BCUT2D eigenvalue weighted by molar-refractivity contribution is 5.92. The Bertz CT molecular complexity index is 1720. The summed E-state index contributed by atoms with van der Waals surface area (Å²) in [5, 5.41) is 12.4. The molecule has 3 aromatic carbocycles. The van der Waals surface area contributed by atoms with Crippen LogP contribution < -0.4 is 10.2 Å². The molecule has 0 spiro atoms. The van der Waals surface area contributed by atoms with E-state index in [-0.39, 0.29) is 11.8 Å². The van der Waals surface area contributed by atoms with Crippen LogP contribution in [0.1, 0.15) is 41.0 Å². The molecular formula is C37H41F2N5O4. The van der Waals surface area contributed by atoms with E-state index >= 15 is 4.39 Å². The molecule has 48 heavy (non-hydrogen) atoms. The lowest BCUT2D eigenvalue weighted by atomic mass is 9.88. The van der Waals surface area contributed by atoms with Crippen molar-refractivity contribution in [3.8, 4) is 0 Å². The van der Waals surface area contributed by atoms with E-state index in [1.165, 1.54) is 12.1 Å². The molecule has 9 nitrogen and oxygen atoms in total. The van der Waals surface area contributed by atoms with Gasteiger partial charge in [-0.1, -0.05) is 48.5 Å². The molecule has 6 rings (SSSR count). The van der Waals surface area contributed by atoms with Crippen LogP contribution >= 0.6 is 0 Å². The van der Waals surface area contributed by atoms with Crippen molar-refractivity contribution in [1.82, 2.24) is 14.5 Å². The smallest absolute Gasteiger partial charge is 0.306 e. The number of benzene rings is 3. The third-order valence-corrected chi connectivity index (χ3v) is 9.47. The summed E-state index contributed by atoms with van der Waals surface area (Å²) < 4.78 is 36.6. The SMILES string of the molecule is Cc1ccc(Cn2ccnc2NC(=O)C2CN(CCOCc3ccccc3)C[C@H]2c2ccc(F)cc2F)c(N2CCC(C(=O)O)CC2)c1. The van der Waals surface area contributed by atoms with Gasteiger partial charge in [0.1, 0.15) is 11.6 Å². The second-order valence-electron chi connectivity index (χ2n) is 12.8. The molecule has 3 heterocycles. The zero-order chi connectivity index (χ0) is 33.6. The number of nitrogens with one attached hydrogen (secondary N) is 1. The van der Waals surface area contributed by atoms with Gasteiger partial charge in [0, 0.05) is 62.8 Å². The zero-order valence-corrected chi connectivity index (χ0v) is 27.0. The van der Waals surface area contributed by atoms with Gasteiger partial charge in [-0.2, -0.15) is 0 Å². The number of amides is 1. The fourth-order valence-corrected chi connectivity index (χ4v) is 6.83. The molecule has 0 aliphatic carbocycles. The minimum absolute atomic E-state index is 0.288. The summed E-state index contributed by atoms with van der Waals surface area (Å²) in [7, 11) is 0. The van der Waals surface area contributed by atoms with Crippen molar-refractivity contribution >= 4 is 23.5 Å². The molecule has 4 aromatic rings. The van der Waals surface area contributed by atoms with Gasteiger partial charge in [-0.15, -0.1) is 0 Å². The first kappa shape index (κ1) is 33.3. The average molecular weight is 658 g/mol. The topological polar surface area (TPSA) is 99.9 Å². The van der Waals surface area contributed by atoms with Crippen LogP contribution in [0.15, 0.2) is 79.1 Å². The molecule has 2 fully saturated rings. The fraction of sp³-hybridized carbons (Fsp3) is 0.378. The Morgan fingerprint density at radius 2 is 1.81 bits per heavy atom. The summed E-state index contributed by atoms with van der Waals surface area (Å²) in [6.07, 6.45) is 4.60. The van der Waals surface area contributed by atoms with Crippen molar-refractivity contribution in [2.75, 3.05) is 49.5 Å². The van der Waals surface area contributed by atoms with E-state index < -0.39 is 29.4 Å². The molecule has 2 aliphatic heterocycles. The first-order valence-electron chi connectivity index (χ1n) is 16.4. The van der Waals surface area contributed by atoms with E-state index in [2.05, 4.69) is 32.2 Å². The van der Waals surface area contributed by atoms with Gasteiger partial charge in [-0.05, 0) is 54.2 Å². The molecule has 252 valence electrons. The predicted octanol–water partition coefficient (Wildman–Crippen LogP) is 5.69. The summed E-state index contributed by atoms with van der Waals surface area (Å²) in [5.41, 5.74) is 4.54. The lowest BCUT2D eigenvalue weighted by Crippen LogP contribution is -2.37. The fourth-order valence-electron chi connectivity index (χ4n) is 6.83. The Balaban J connectivity index is 1.15. The number of ether oxygens (including phenoxy) is 1. The molecule has 1 aromatic heterocycles.